The molecule has 0 atom stereocenters. The molecule has 0 radical (unpaired) electrons. The molecule has 138 valence electrons. The summed E-state index contributed by atoms with van der Waals surface area (Å²) in [5, 5.41) is 10.1. The van der Waals surface area contributed by atoms with Crippen LogP contribution in [0.1, 0.15) is 26.7 Å². The number of allylic oxidation sites excluding steroid dienone is 3. The van der Waals surface area contributed by atoms with E-state index in [1.165, 1.54) is 23.9 Å². The van der Waals surface area contributed by atoms with Crippen LogP contribution in [-0.2, 0) is 0 Å². The molecule has 1 N–H and O–H groups in total. The highest BCUT2D eigenvalue weighted by Gasteiger charge is 2.32. The molecule has 1 aliphatic carbocycles. The number of thioether (sulfide) groups is 1. The number of halogens is 1. The van der Waals surface area contributed by atoms with E-state index in [4.69, 9.17) is 0 Å². The third-order valence-corrected chi connectivity index (χ3v) is 4.83. The van der Waals surface area contributed by atoms with Gasteiger partial charge in [-0.3, -0.25) is 15.2 Å². The van der Waals surface area contributed by atoms with Gasteiger partial charge < -0.3 is 0 Å². The van der Waals surface area contributed by atoms with Crippen LogP contribution >= 0.6 is 11.8 Å². The van der Waals surface area contributed by atoms with E-state index in [1.54, 1.807) is 19.2 Å². The molecule has 0 spiro atoms. The topological polar surface area (TPSA) is 48.0 Å². The van der Waals surface area contributed by atoms with Gasteiger partial charge in [-0.15, -0.1) is 0 Å². The molecule has 0 bridgehead atoms. The highest BCUT2D eigenvalue weighted by atomic mass is 32.2. The maximum atomic E-state index is 13.2. The Hall–Kier alpha value is -2.21. The van der Waals surface area contributed by atoms with Crippen LogP contribution in [0.3, 0.4) is 0 Å². The van der Waals surface area contributed by atoms with Gasteiger partial charge in [-0.05, 0) is 48.4 Å². The van der Waals surface area contributed by atoms with Gasteiger partial charge in [-0.25, -0.2) is 4.39 Å². The molecule has 0 saturated carbocycles. The van der Waals surface area contributed by atoms with Gasteiger partial charge in [0.05, 0.1) is 11.3 Å². The van der Waals surface area contributed by atoms with Crippen molar-refractivity contribution in [3.8, 4) is 0 Å². The summed E-state index contributed by atoms with van der Waals surface area (Å²) in [4.78, 5) is 11.0. The van der Waals surface area contributed by atoms with Gasteiger partial charge >= 0.3 is 0 Å². The van der Waals surface area contributed by atoms with Crippen molar-refractivity contribution in [3.63, 3.8) is 0 Å². The van der Waals surface area contributed by atoms with Crippen molar-refractivity contribution in [2.24, 2.45) is 9.98 Å². The smallest absolute Gasteiger partial charge is 0.283 e. The molecular formula is C20H25FN3OS+. The van der Waals surface area contributed by atoms with E-state index in [0.717, 1.165) is 33.1 Å². The Bertz CT molecular complexity index is 788. The van der Waals surface area contributed by atoms with E-state index in [1.807, 2.05) is 13.0 Å². The molecule has 26 heavy (non-hydrogen) atoms. The Morgan fingerprint density at radius 1 is 1.19 bits per heavy atom. The van der Waals surface area contributed by atoms with Crippen LogP contribution in [-0.4, -0.2) is 47.2 Å². The monoisotopic (exact) mass is 374 g/mol. The summed E-state index contributed by atoms with van der Waals surface area (Å²) < 4.78 is 14.2. The van der Waals surface area contributed by atoms with Gasteiger partial charge in [0.2, 0.25) is 0 Å². The molecule has 0 saturated heterocycles. The lowest BCUT2D eigenvalue weighted by molar-refractivity contribution is -0.753. The molecule has 0 unspecified atom stereocenters. The van der Waals surface area contributed by atoms with Gasteiger partial charge in [0.1, 0.15) is 11.5 Å². The SMILES string of the molecule is C=C1C(=NCC)C(Sc2ccc(F)cc2)=CC(=NCCCC)/C1=[N+](/C)O. The minimum Gasteiger partial charge on any atom is -0.290 e. The molecule has 0 aliphatic heterocycles. The van der Waals surface area contributed by atoms with Crippen molar-refractivity contribution in [2.75, 3.05) is 20.1 Å². The molecule has 0 fully saturated rings. The Balaban J connectivity index is 2.49. The van der Waals surface area contributed by atoms with Crippen LogP contribution in [0.4, 0.5) is 4.39 Å². The predicted octanol–water partition coefficient (Wildman–Crippen LogP) is 4.55. The van der Waals surface area contributed by atoms with E-state index >= 15 is 0 Å². The summed E-state index contributed by atoms with van der Waals surface area (Å²) in [7, 11) is 1.56. The molecular weight excluding hydrogens is 349 g/mol. The van der Waals surface area contributed by atoms with Crippen molar-refractivity contribution < 1.29 is 14.3 Å². The molecule has 0 amide bonds. The van der Waals surface area contributed by atoms with Crippen LogP contribution in [0.5, 0.6) is 0 Å². The van der Waals surface area contributed by atoms with Crippen molar-refractivity contribution in [3.05, 3.63) is 53.2 Å². The molecule has 0 aromatic heterocycles. The standard InChI is InChI=1S/C20H25FN3OS/c1-5-7-12-23-17-13-18(26-16-10-8-15(21)9-11-16)19(22-6-2)14(3)20(17)24(4)25/h8-11,13,25H,3,5-7,12H2,1-2,4H3/q+1/b22-19?,23-17?,24-20-. The van der Waals surface area contributed by atoms with Crippen LogP contribution in [0.2, 0.25) is 0 Å². The minimum absolute atomic E-state index is 0.266. The lowest BCUT2D eigenvalue weighted by Gasteiger charge is -2.18. The number of hydrogen-bond acceptors (Lipinski definition) is 4. The highest BCUT2D eigenvalue weighted by molar-refractivity contribution is 8.04. The fourth-order valence-electron chi connectivity index (χ4n) is 2.55. The molecule has 2 rings (SSSR count). The van der Waals surface area contributed by atoms with Crippen molar-refractivity contribution in [2.45, 2.75) is 31.6 Å². The van der Waals surface area contributed by atoms with Gasteiger partial charge in [0.25, 0.3) is 5.71 Å². The number of benzene rings is 1. The number of hydrogen-bond donors (Lipinski definition) is 1. The minimum atomic E-state index is -0.266. The van der Waals surface area contributed by atoms with Crippen molar-refractivity contribution >= 4 is 28.9 Å². The van der Waals surface area contributed by atoms with Crippen LogP contribution in [0.25, 0.3) is 0 Å². The molecule has 1 aromatic carbocycles. The van der Waals surface area contributed by atoms with Gasteiger partial charge in [-0.1, -0.05) is 31.7 Å². The Morgan fingerprint density at radius 3 is 2.46 bits per heavy atom. The van der Waals surface area contributed by atoms with E-state index in [2.05, 4.69) is 23.5 Å². The fourth-order valence-corrected chi connectivity index (χ4v) is 3.54. The summed E-state index contributed by atoms with van der Waals surface area (Å²) in [5.74, 6) is -0.266. The first-order valence-electron chi connectivity index (χ1n) is 8.71. The van der Waals surface area contributed by atoms with E-state index in [9.17, 15) is 9.60 Å². The van der Waals surface area contributed by atoms with Crippen LogP contribution in [0.15, 0.2) is 62.3 Å². The lowest BCUT2D eigenvalue weighted by atomic mass is 9.95. The zero-order chi connectivity index (χ0) is 19.1. The summed E-state index contributed by atoms with van der Waals surface area (Å²) >= 11 is 1.49. The first-order valence-corrected chi connectivity index (χ1v) is 9.53. The molecule has 1 aromatic rings. The average Bonchev–Trinajstić information content (AvgIpc) is 2.60. The quantitative estimate of drug-likeness (QED) is 0.344. The normalized spacial score (nSPS) is 19.8. The Morgan fingerprint density at radius 2 is 1.88 bits per heavy atom. The van der Waals surface area contributed by atoms with E-state index in [0.29, 0.717) is 30.1 Å². The maximum absolute atomic E-state index is 13.2. The number of rotatable bonds is 6. The fraction of sp³-hybridized carbons (Fsp3) is 0.350. The highest BCUT2D eigenvalue weighted by Crippen LogP contribution is 2.32. The predicted molar refractivity (Wildman–Crippen MR) is 108 cm³/mol. The second-order valence-corrected chi connectivity index (χ2v) is 6.97. The first-order chi connectivity index (χ1) is 12.5. The third kappa shape index (κ3) is 4.91. The first kappa shape index (κ1) is 20.1. The number of hydroxylamine groups is 1. The summed E-state index contributed by atoms with van der Waals surface area (Å²) in [5.41, 5.74) is 2.62. The molecule has 4 nitrogen and oxygen atoms in total. The van der Waals surface area contributed by atoms with Crippen molar-refractivity contribution in [1.29, 1.82) is 0 Å². The lowest BCUT2D eigenvalue weighted by Crippen LogP contribution is -2.33. The molecule has 6 heteroatoms. The van der Waals surface area contributed by atoms with Gasteiger partial charge in [0, 0.05) is 22.9 Å². The van der Waals surface area contributed by atoms with E-state index in [-0.39, 0.29) is 5.82 Å². The van der Waals surface area contributed by atoms with Crippen LogP contribution in [0, 0.1) is 5.82 Å². The zero-order valence-electron chi connectivity index (χ0n) is 15.5. The summed E-state index contributed by atoms with van der Waals surface area (Å²) in [6.45, 7) is 9.48. The summed E-state index contributed by atoms with van der Waals surface area (Å²) in [6, 6.07) is 6.34. The van der Waals surface area contributed by atoms with Gasteiger partial charge in [-0.2, -0.15) is 0 Å². The molecule has 1 aliphatic rings. The average molecular weight is 375 g/mol. The van der Waals surface area contributed by atoms with Crippen LogP contribution < -0.4 is 0 Å². The zero-order valence-corrected chi connectivity index (χ0v) is 16.3. The Kier molecular flexibility index (Phi) is 7.33. The molecule has 0 heterocycles. The Labute approximate surface area is 158 Å². The third-order valence-electron chi connectivity index (χ3n) is 3.79. The second-order valence-electron chi connectivity index (χ2n) is 5.86. The number of unbranched alkanes of at least 4 members (excludes halogenated alkanes) is 1. The van der Waals surface area contributed by atoms with Gasteiger partial charge in [0.15, 0.2) is 7.05 Å². The summed E-state index contributed by atoms with van der Waals surface area (Å²) in [6.07, 6.45) is 3.95. The second kappa shape index (κ2) is 9.48. The largest absolute Gasteiger partial charge is 0.290 e. The van der Waals surface area contributed by atoms with Crippen molar-refractivity contribution in [1.82, 2.24) is 0 Å². The van der Waals surface area contributed by atoms with E-state index < -0.39 is 0 Å². The number of nitrogens with zero attached hydrogens (tertiary/aromatic N) is 3. The number of aliphatic imine (C=N–C) groups is 2. The maximum Gasteiger partial charge on any atom is 0.283 e.